The van der Waals surface area contributed by atoms with Gasteiger partial charge in [0.25, 0.3) is 0 Å². The molecule has 0 spiro atoms. The van der Waals surface area contributed by atoms with Gasteiger partial charge in [0.1, 0.15) is 5.92 Å². The summed E-state index contributed by atoms with van der Waals surface area (Å²) in [6, 6.07) is 0. The van der Waals surface area contributed by atoms with Crippen LogP contribution < -0.4 is 0 Å². The van der Waals surface area contributed by atoms with E-state index in [9.17, 15) is 9.59 Å². The van der Waals surface area contributed by atoms with Crippen molar-refractivity contribution in [3.05, 3.63) is 12.2 Å². The Kier molecular flexibility index (Phi) is 9.25. The molecule has 0 fully saturated rings. The van der Waals surface area contributed by atoms with E-state index in [2.05, 4.69) is 13.5 Å². The van der Waals surface area contributed by atoms with E-state index >= 15 is 0 Å². The fourth-order valence-electron chi connectivity index (χ4n) is 1.97. The predicted octanol–water partition coefficient (Wildman–Crippen LogP) is 3.97. The van der Waals surface area contributed by atoms with Crippen molar-refractivity contribution in [2.24, 2.45) is 5.92 Å². The topological polar surface area (TPSA) is 54.4 Å². The summed E-state index contributed by atoms with van der Waals surface area (Å²) >= 11 is 0. The number of carbonyl (C=O) groups is 2. The number of hydrogen-bond donors (Lipinski definition) is 1. The molecule has 1 N–H and O–H groups in total. The first kappa shape index (κ1) is 16.9. The maximum absolute atomic E-state index is 11.6. The van der Waals surface area contributed by atoms with Gasteiger partial charge >= 0.3 is 5.97 Å². The maximum Gasteiger partial charge on any atom is 0.314 e. The summed E-state index contributed by atoms with van der Waals surface area (Å²) < 4.78 is 0. The predicted molar refractivity (Wildman–Crippen MR) is 73.6 cm³/mol. The van der Waals surface area contributed by atoms with Crippen molar-refractivity contribution >= 4 is 11.8 Å². The van der Waals surface area contributed by atoms with Crippen molar-refractivity contribution in [3.8, 4) is 0 Å². The van der Waals surface area contributed by atoms with Crippen LogP contribution in [0.1, 0.15) is 65.2 Å². The minimum Gasteiger partial charge on any atom is -0.481 e. The molecular weight excluding hydrogens is 228 g/mol. The van der Waals surface area contributed by atoms with Gasteiger partial charge in [0.05, 0.1) is 0 Å². The molecule has 104 valence electrons. The first-order chi connectivity index (χ1) is 8.50. The number of unbranched alkanes of at least 4 members (excludes halogenated alkanes) is 6. The molecule has 3 nitrogen and oxygen atoms in total. The molecule has 0 saturated heterocycles. The van der Waals surface area contributed by atoms with Crippen molar-refractivity contribution in [2.45, 2.75) is 65.2 Å². The van der Waals surface area contributed by atoms with Gasteiger partial charge in [-0.05, 0) is 18.9 Å². The molecule has 0 rings (SSSR count). The fourth-order valence-corrected chi connectivity index (χ4v) is 1.97. The molecule has 1 atom stereocenters. The molecule has 0 aromatic carbocycles. The van der Waals surface area contributed by atoms with Crippen LogP contribution in [0.15, 0.2) is 12.2 Å². The third-order valence-electron chi connectivity index (χ3n) is 3.13. The van der Waals surface area contributed by atoms with Crippen LogP contribution in [0.2, 0.25) is 0 Å². The first-order valence-electron chi connectivity index (χ1n) is 6.93. The van der Waals surface area contributed by atoms with E-state index in [0.717, 1.165) is 19.3 Å². The van der Waals surface area contributed by atoms with Crippen LogP contribution in [0.5, 0.6) is 0 Å². The van der Waals surface area contributed by atoms with E-state index in [4.69, 9.17) is 5.11 Å². The van der Waals surface area contributed by atoms with Crippen molar-refractivity contribution in [3.63, 3.8) is 0 Å². The molecule has 3 heteroatoms. The van der Waals surface area contributed by atoms with Crippen LogP contribution in [0.25, 0.3) is 0 Å². The highest BCUT2D eigenvalue weighted by atomic mass is 16.4. The van der Waals surface area contributed by atoms with Crippen LogP contribution in [0.3, 0.4) is 0 Å². The number of carbonyl (C=O) groups excluding carboxylic acids is 1. The van der Waals surface area contributed by atoms with Gasteiger partial charge in [-0.1, -0.05) is 58.4 Å². The zero-order valence-electron chi connectivity index (χ0n) is 11.7. The number of Topliss-reactive ketones (excluding diaryl/α,β-unsaturated/α-hetero) is 1. The van der Waals surface area contributed by atoms with Gasteiger partial charge in [-0.3, -0.25) is 9.59 Å². The molecule has 0 saturated carbocycles. The normalized spacial score (nSPS) is 12.1. The summed E-state index contributed by atoms with van der Waals surface area (Å²) in [6.07, 6.45) is 8.35. The standard InChI is InChI=1S/C15H26O3/c1-4-5-6-7-8-9-10-11-13(15(17)18)14(16)12(2)3/h13H,2,4-11H2,1,3H3,(H,17,18). The Morgan fingerprint density at radius 3 is 2.00 bits per heavy atom. The smallest absolute Gasteiger partial charge is 0.314 e. The second-order valence-electron chi connectivity index (χ2n) is 4.95. The van der Waals surface area contributed by atoms with Gasteiger partial charge in [-0.25, -0.2) is 0 Å². The van der Waals surface area contributed by atoms with Gasteiger partial charge in [0, 0.05) is 0 Å². The average molecular weight is 254 g/mol. The number of allylic oxidation sites excluding steroid dienone is 1. The summed E-state index contributed by atoms with van der Waals surface area (Å²) in [5, 5.41) is 9.00. The summed E-state index contributed by atoms with van der Waals surface area (Å²) in [6.45, 7) is 7.28. The Morgan fingerprint density at radius 1 is 1.06 bits per heavy atom. The van der Waals surface area contributed by atoms with Crippen LogP contribution >= 0.6 is 0 Å². The number of ketones is 1. The minimum atomic E-state index is -1.02. The molecule has 0 aromatic heterocycles. The zero-order chi connectivity index (χ0) is 14.0. The van der Waals surface area contributed by atoms with Gasteiger partial charge in [-0.15, -0.1) is 0 Å². The Hall–Kier alpha value is -1.12. The maximum atomic E-state index is 11.6. The Bertz CT molecular complexity index is 281. The van der Waals surface area contributed by atoms with Crippen LogP contribution in [-0.4, -0.2) is 16.9 Å². The van der Waals surface area contributed by atoms with E-state index in [1.54, 1.807) is 6.92 Å². The second-order valence-corrected chi connectivity index (χ2v) is 4.95. The second kappa shape index (κ2) is 9.86. The highest BCUT2D eigenvalue weighted by Crippen LogP contribution is 2.16. The van der Waals surface area contributed by atoms with E-state index in [0.29, 0.717) is 12.0 Å². The van der Waals surface area contributed by atoms with Crippen LogP contribution in [0, 0.1) is 5.92 Å². The number of carboxylic acids is 1. The van der Waals surface area contributed by atoms with Crippen molar-refractivity contribution < 1.29 is 14.7 Å². The molecular formula is C15H26O3. The van der Waals surface area contributed by atoms with Gasteiger partial charge in [-0.2, -0.15) is 0 Å². The number of rotatable bonds is 11. The van der Waals surface area contributed by atoms with Crippen molar-refractivity contribution in [2.75, 3.05) is 0 Å². The number of hydrogen-bond acceptors (Lipinski definition) is 2. The number of carboxylic acid groups (broad SMARTS) is 1. The fraction of sp³-hybridized carbons (Fsp3) is 0.733. The molecule has 0 aliphatic heterocycles. The highest BCUT2D eigenvalue weighted by molar-refractivity contribution is 6.07. The van der Waals surface area contributed by atoms with E-state index < -0.39 is 11.9 Å². The van der Waals surface area contributed by atoms with Crippen LogP contribution in [-0.2, 0) is 9.59 Å². The van der Waals surface area contributed by atoms with Crippen molar-refractivity contribution in [1.82, 2.24) is 0 Å². The molecule has 1 unspecified atom stereocenters. The molecule has 0 radical (unpaired) electrons. The lowest BCUT2D eigenvalue weighted by Gasteiger charge is -2.10. The molecule has 0 amide bonds. The van der Waals surface area contributed by atoms with Gasteiger partial charge < -0.3 is 5.11 Å². The largest absolute Gasteiger partial charge is 0.481 e. The molecule has 0 aliphatic rings. The molecule has 0 bridgehead atoms. The van der Waals surface area contributed by atoms with E-state index in [1.807, 2.05) is 0 Å². The number of aliphatic carboxylic acids is 1. The van der Waals surface area contributed by atoms with Crippen LogP contribution in [0.4, 0.5) is 0 Å². The summed E-state index contributed by atoms with van der Waals surface area (Å²) in [5.41, 5.74) is 0.338. The monoisotopic (exact) mass is 254 g/mol. The Balaban J connectivity index is 3.82. The lowest BCUT2D eigenvalue weighted by molar-refractivity contribution is -0.145. The summed E-state index contributed by atoms with van der Waals surface area (Å²) in [4.78, 5) is 22.6. The third-order valence-corrected chi connectivity index (χ3v) is 3.13. The molecule has 0 heterocycles. The van der Waals surface area contributed by atoms with Crippen molar-refractivity contribution in [1.29, 1.82) is 0 Å². The Morgan fingerprint density at radius 2 is 1.56 bits per heavy atom. The SMILES string of the molecule is C=C(C)C(=O)C(CCCCCCCCC)C(=O)O. The Labute approximate surface area is 110 Å². The third kappa shape index (κ3) is 7.25. The van der Waals surface area contributed by atoms with E-state index in [1.165, 1.54) is 25.7 Å². The lowest BCUT2D eigenvalue weighted by Crippen LogP contribution is -2.24. The summed E-state index contributed by atoms with van der Waals surface area (Å²) in [7, 11) is 0. The summed E-state index contributed by atoms with van der Waals surface area (Å²) in [5.74, 6) is -2.24. The average Bonchev–Trinajstić information content (AvgIpc) is 2.31. The minimum absolute atomic E-state index is 0.325. The quantitative estimate of drug-likeness (QED) is 0.345. The van der Waals surface area contributed by atoms with Gasteiger partial charge in [0.2, 0.25) is 0 Å². The molecule has 0 aliphatic carbocycles. The molecule has 0 aromatic rings. The highest BCUT2D eigenvalue weighted by Gasteiger charge is 2.25. The lowest BCUT2D eigenvalue weighted by atomic mass is 9.93. The molecule has 18 heavy (non-hydrogen) atoms. The zero-order valence-corrected chi connectivity index (χ0v) is 11.7. The van der Waals surface area contributed by atoms with E-state index in [-0.39, 0.29) is 5.78 Å². The van der Waals surface area contributed by atoms with Gasteiger partial charge in [0.15, 0.2) is 5.78 Å². The first-order valence-corrected chi connectivity index (χ1v) is 6.93.